The Balaban J connectivity index is 1.48. The molecule has 1 amide bonds. The summed E-state index contributed by atoms with van der Waals surface area (Å²) in [5.74, 6) is -0.253. The molecule has 0 saturated carbocycles. The summed E-state index contributed by atoms with van der Waals surface area (Å²) >= 11 is 0. The summed E-state index contributed by atoms with van der Waals surface area (Å²) < 4.78 is 13.0. The first-order valence-corrected chi connectivity index (χ1v) is 8.81. The van der Waals surface area contributed by atoms with E-state index in [9.17, 15) is 14.0 Å². The zero-order chi connectivity index (χ0) is 18.4. The molecule has 1 saturated heterocycles. The fraction of sp³-hybridized carbons (Fsp3) is 0.350. The van der Waals surface area contributed by atoms with Gasteiger partial charge in [0.2, 0.25) is 6.41 Å². The van der Waals surface area contributed by atoms with E-state index in [1.54, 1.807) is 35.5 Å². The molecule has 26 heavy (non-hydrogen) atoms. The molecule has 0 radical (unpaired) electrons. The Morgan fingerprint density at radius 2 is 1.96 bits per heavy atom. The Hall–Kier alpha value is -2.60. The second kappa shape index (κ2) is 8.67. The van der Waals surface area contributed by atoms with E-state index in [0.717, 1.165) is 44.6 Å². The second-order valence-electron chi connectivity index (χ2n) is 6.50. The summed E-state index contributed by atoms with van der Waals surface area (Å²) in [6, 6.07) is 9.43. The number of carbonyl (C=O) groups excluding carboxylic acids is 2. The van der Waals surface area contributed by atoms with Gasteiger partial charge in [-0.25, -0.2) is 4.39 Å². The zero-order valence-electron chi connectivity index (χ0n) is 14.6. The van der Waals surface area contributed by atoms with Crippen molar-refractivity contribution in [2.75, 3.05) is 31.1 Å². The van der Waals surface area contributed by atoms with E-state index in [1.165, 1.54) is 12.1 Å². The lowest BCUT2D eigenvalue weighted by atomic mass is 9.89. The topological polar surface area (TPSA) is 53.5 Å². The Morgan fingerprint density at radius 1 is 1.23 bits per heavy atom. The molecule has 1 aromatic carbocycles. The molecule has 1 fully saturated rings. The molecule has 2 heterocycles. The molecule has 6 heteroatoms. The van der Waals surface area contributed by atoms with Gasteiger partial charge in [-0.3, -0.25) is 14.6 Å². The van der Waals surface area contributed by atoms with Gasteiger partial charge < -0.3 is 9.80 Å². The van der Waals surface area contributed by atoms with Crippen molar-refractivity contribution < 1.29 is 14.0 Å². The van der Waals surface area contributed by atoms with Crippen LogP contribution in [-0.4, -0.2) is 48.3 Å². The number of pyridine rings is 1. The van der Waals surface area contributed by atoms with Crippen LogP contribution < -0.4 is 4.90 Å². The number of ketones is 1. The van der Waals surface area contributed by atoms with E-state index >= 15 is 0 Å². The molecule has 0 spiro atoms. The number of benzene rings is 1. The quantitative estimate of drug-likeness (QED) is 0.566. The SMILES string of the molecule is O=CN(CCN1CCC(C(=O)c2ccc(F)cc2)CC1)c1cccnc1. The Morgan fingerprint density at radius 3 is 2.58 bits per heavy atom. The molecule has 0 unspecified atom stereocenters. The fourth-order valence-electron chi connectivity index (χ4n) is 3.28. The van der Waals surface area contributed by atoms with Gasteiger partial charge in [0.05, 0.1) is 11.9 Å². The van der Waals surface area contributed by atoms with E-state index in [2.05, 4.69) is 9.88 Å². The molecule has 0 N–H and O–H groups in total. The standard InChI is InChI=1S/C20H22FN3O2/c21-18-5-3-16(4-6-18)20(26)17-7-10-23(11-8-17)12-13-24(15-25)19-2-1-9-22-14-19/h1-6,9,14-15,17H,7-8,10-13H2. The number of carbonyl (C=O) groups is 2. The van der Waals surface area contributed by atoms with Crippen LogP contribution in [-0.2, 0) is 4.79 Å². The summed E-state index contributed by atoms with van der Waals surface area (Å²) in [5.41, 5.74) is 1.36. The van der Waals surface area contributed by atoms with E-state index in [-0.39, 0.29) is 17.5 Å². The number of hydrogen-bond acceptors (Lipinski definition) is 4. The maximum atomic E-state index is 13.0. The van der Waals surface area contributed by atoms with Crippen LogP contribution in [0.15, 0.2) is 48.8 Å². The van der Waals surface area contributed by atoms with Gasteiger partial charge in [-0.15, -0.1) is 0 Å². The minimum absolute atomic E-state index is 0.0165. The first-order chi connectivity index (χ1) is 12.7. The lowest BCUT2D eigenvalue weighted by molar-refractivity contribution is -0.107. The zero-order valence-corrected chi connectivity index (χ0v) is 14.6. The van der Waals surface area contributed by atoms with Gasteiger partial charge >= 0.3 is 0 Å². The number of halogens is 1. The normalized spacial score (nSPS) is 15.6. The second-order valence-corrected chi connectivity index (χ2v) is 6.50. The van der Waals surface area contributed by atoms with Crippen LogP contribution in [0.4, 0.5) is 10.1 Å². The molecule has 0 bridgehead atoms. The maximum absolute atomic E-state index is 13.0. The van der Waals surface area contributed by atoms with Crippen molar-refractivity contribution in [1.29, 1.82) is 0 Å². The first kappa shape index (κ1) is 18.2. The lowest BCUT2D eigenvalue weighted by Crippen LogP contribution is -2.41. The highest BCUT2D eigenvalue weighted by atomic mass is 19.1. The highest BCUT2D eigenvalue weighted by molar-refractivity contribution is 5.97. The molecule has 5 nitrogen and oxygen atoms in total. The van der Waals surface area contributed by atoms with E-state index in [0.29, 0.717) is 12.1 Å². The average molecular weight is 355 g/mol. The van der Waals surface area contributed by atoms with Gasteiger partial charge in [-0.1, -0.05) is 0 Å². The predicted octanol–water partition coefficient (Wildman–Crippen LogP) is 2.78. The van der Waals surface area contributed by atoms with Crippen LogP contribution in [0.25, 0.3) is 0 Å². The molecular formula is C20H22FN3O2. The minimum atomic E-state index is -0.329. The third kappa shape index (κ3) is 4.52. The molecule has 2 aromatic rings. The Labute approximate surface area is 152 Å². The number of nitrogens with zero attached hydrogens (tertiary/aromatic N) is 3. The number of hydrogen-bond donors (Lipinski definition) is 0. The summed E-state index contributed by atoms with van der Waals surface area (Å²) in [7, 11) is 0. The molecule has 1 aliphatic heterocycles. The summed E-state index contributed by atoms with van der Waals surface area (Å²) in [5, 5.41) is 0. The minimum Gasteiger partial charge on any atom is -0.312 e. The van der Waals surface area contributed by atoms with Crippen LogP contribution in [0.2, 0.25) is 0 Å². The smallest absolute Gasteiger partial charge is 0.214 e. The monoisotopic (exact) mass is 355 g/mol. The Kier molecular flexibility index (Phi) is 6.07. The summed E-state index contributed by atoms with van der Waals surface area (Å²) in [4.78, 5) is 31.8. The maximum Gasteiger partial charge on any atom is 0.214 e. The van der Waals surface area contributed by atoms with Gasteiger partial charge in [0.25, 0.3) is 0 Å². The number of likely N-dealkylation sites (tertiary alicyclic amines) is 1. The van der Waals surface area contributed by atoms with Gasteiger partial charge in [-0.2, -0.15) is 0 Å². The molecule has 0 aliphatic carbocycles. The fourth-order valence-corrected chi connectivity index (χ4v) is 3.28. The first-order valence-electron chi connectivity index (χ1n) is 8.81. The van der Waals surface area contributed by atoms with Crippen molar-refractivity contribution in [3.63, 3.8) is 0 Å². The molecule has 1 aliphatic rings. The van der Waals surface area contributed by atoms with Crippen LogP contribution in [0.1, 0.15) is 23.2 Å². The van der Waals surface area contributed by atoms with Crippen molar-refractivity contribution >= 4 is 17.9 Å². The van der Waals surface area contributed by atoms with E-state index in [4.69, 9.17) is 0 Å². The van der Waals surface area contributed by atoms with E-state index < -0.39 is 0 Å². The molecule has 1 aromatic heterocycles. The molecule has 3 rings (SSSR count). The number of amides is 1. The summed E-state index contributed by atoms with van der Waals surface area (Å²) in [6.45, 7) is 2.98. The van der Waals surface area contributed by atoms with Gasteiger partial charge in [-0.05, 0) is 62.3 Å². The number of rotatable bonds is 7. The number of Topliss-reactive ketones (excluding diaryl/α,β-unsaturated/α-hetero) is 1. The van der Waals surface area contributed by atoms with Crippen LogP contribution >= 0.6 is 0 Å². The van der Waals surface area contributed by atoms with E-state index in [1.807, 2.05) is 6.07 Å². The number of aromatic nitrogens is 1. The van der Waals surface area contributed by atoms with Crippen LogP contribution in [0.5, 0.6) is 0 Å². The molecule has 136 valence electrons. The van der Waals surface area contributed by atoms with Crippen molar-refractivity contribution in [3.05, 3.63) is 60.2 Å². The van der Waals surface area contributed by atoms with Crippen molar-refractivity contribution in [3.8, 4) is 0 Å². The van der Waals surface area contributed by atoms with Crippen molar-refractivity contribution in [2.45, 2.75) is 12.8 Å². The lowest BCUT2D eigenvalue weighted by Gasteiger charge is -2.32. The third-order valence-electron chi connectivity index (χ3n) is 4.85. The third-order valence-corrected chi connectivity index (χ3v) is 4.85. The number of piperidine rings is 1. The average Bonchev–Trinajstić information content (AvgIpc) is 2.70. The van der Waals surface area contributed by atoms with Gasteiger partial charge in [0, 0.05) is 30.8 Å². The van der Waals surface area contributed by atoms with Crippen LogP contribution in [0.3, 0.4) is 0 Å². The van der Waals surface area contributed by atoms with Crippen LogP contribution in [0, 0.1) is 11.7 Å². The Bertz CT molecular complexity index is 728. The highest BCUT2D eigenvalue weighted by Gasteiger charge is 2.25. The summed E-state index contributed by atoms with van der Waals surface area (Å²) in [6.07, 6.45) is 5.73. The molecular weight excluding hydrogens is 333 g/mol. The number of anilines is 1. The van der Waals surface area contributed by atoms with Crippen molar-refractivity contribution in [2.24, 2.45) is 5.92 Å². The van der Waals surface area contributed by atoms with Crippen molar-refractivity contribution in [1.82, 2.24) is 9.88 Å². The predicted molar refractivity (Wildman–Crippen MR) is 97.5 cm³/mol. The van der Waals surface area contributed by atoms with Gasteiger partial charge in [0.15, 0.2) is 5.78 Å². The molecule has 0 atom stereocenters. The largest absolute Gasteiger partial charge is 0.312 e. The highest BCUT2D eigenvalue weighted by Crippen LogP contribution is 2.22. The van der Waals surface area contributed by atoms with Gasteiger partial charge in [0.1, 0.15) is 5.82 Å².